The second-order valence-corrected chi connectivity index (χ2v) is 14.5. The molecule has 1 saturated heterocycles. The Labute approximate surface area is 235 Å². The van der Waals surface area contributed by atoms with Crippen LogP contribution in [0.5, 0.6) is 0 Å². The summed E-state index contributed by atoms with van der Waals surface area (Å²) in [5, 5.41) is 21.4. The van der Waals surface area contributed by atoms with Gasteiger partial charge in [0.25, 0.3) is 0 Å². The first-order chi connectivity index (χ1) is 18.6. The Morgan fingerprint density at radius 2 is 1.79 bits per heavy atom. The second-order valence-electron chi connectivity index (χ2n) is 14.5. The van der Waals surface area contributed by atoms with Crippen molar-refractivity contribution in [3.05, 3.63) is 41.7 Å². The minimum absolute atomic E-state index is 0.133. The summed E-state index contributed by atoms with van der Waals surface area (Å²) in [6, 6.07) is 3.79. The molecule has 0 unspecified atom stereocenters. The van der Waals surface area contributed by atoms with Crippen molar-refractivity contribution in [3.8, 4) is 0 Å². The lowest BCUT2D eigenvalue weighted by Crippen LogP contribution is -2.50. The third kappa shape index (κ3) is 4.70. The molecular formula is C34H50N2O3. The molecule has 4 aliphatic carbocycles. The smallest absolute Gasteiger partial charge is 0.222 e. The predicted molar refractivity (Wildman–Crippen MR) is 154 cm³/mol. The van der Waals surface area contributed by atoms with Gasteiger partial charge in [-0.25, -0.2) is 0 Å². The number of aliphatic hydroxyl groups excluding tert-OH is 1. The van der Waals surface area contributed by atoms with Crippen molar-refractivity contribution in [1.82, 2.24) is 9.88 Å². The lowest BCUT2D eigenvalue weighted by atomic mass is 9.47. The van der Waals surface area contributed by atoms with Crippen molar-refractivity contribution in [2.75, 3.05) is 13.1 Å². The van der Waals surface area contributed by atoms with E-state index in [4.69, 9.17) is 0 Å². The summed E-state index contributed by atoms with van der Waals surface area (Å²) in [6.45, 7) is 8.79. The SMILES string of the molecule is C[C@H](CCC(=O)N1CCC(O)(c2ccncc2)CC1)[C@H]1CC[C@H]2[C@@H]3CC=C4C[C@@H](O)CC[C@]4(C)[C@H]3CC[C@]12C. The van der Waals surface area contributed by atoms with Crippen LogP contribution in [0.15, 0.2) is 36.2 Å². The second kappa shape index (κ2) is 10.3. The molecule has 0 aromatic carbocycles. The maximum absolute atomic E-state index is 13.2. The van der Waals surface area contributed by atoms with Gasteiger partial charge in [-0.15, -0.1) is 0 Å². The quantitative estimate of drug-likeness (QED) is 0.438. The third-order valence-electron chi connectivity index (χ3n) is 12.8. The molecule has 5 aliphatic rings. The first-order valence-corrected chi connectivity index (χ1v) is 15.9. The van der Waals surface area contributed by atoms with Crippen LogP contribution in [0.1, 0.15) is 103 Å². The van der Waals surface area contributed by atoms with Gasteiger partial charge >= 0.3 is 0 Å². The van der Waals surface area contributed by atoms with Crippen molar-refractivity contribution in [3.63, 3.8) is 0 Å². The highest BCUT2D eigenvalue weighted by Crippen LogP contribution is 2.67. The lowest BCUT2D eigenvalue weighted by molar-refractivity contribution is -0.136. The molecule has 1 aliphatic heterocycles. The van der Waals surface area contributed by atoms with Gasteiger partial charge in [0.05, 0.1) is 11.7 Å². The van der Waals surface area contributed by atoms with Gasteiger partial charge in [-0.1, -0.05) is 32.4 Å². The number of likely N-dealkylation sites (tertiary alicyclic amines) is 1. The zero-order valence-electron chi connectivity index (χ0n) is 24.4. The zero-order chi connectivity index (χ0) is 27.4. The van der Waals surface area contributed by atoms with Crippen LogP contribution in [0.4, 0.5) is 0 Å². The summed E-state index contributed by atoms with van der Waals surface area (Å²) >= 11 is 0. The monoisotopic (exact) mass is 534 g/mol. The van der Waals surface area contributed by atoms with E-state index in [1.165, 1.54) is 32.1 Å². The van der Waals surface area contributed by atoms with E-state index in [0.29, 0.717) is 55.0 Å². The Morgan fingerprint density at radius 1 is 1.05 bits per heavy atom. The molecule has 2 heterocycles. The molecule has 6 rings (SSSR count). The van der Waals surface area contributed by atoms with Gasteiger partial charge in [-0.3, -0.25) is 9.78 Å². The molecule has 0 spiro atoms. The van der Waals surface area contributed by atoms with Crippen molar-refractivity contribution in [2.45, 2.75) is 110 Å². The molecule has 4 fully saturated rings. The molecule has 3 saturated carbocycles. The number of nitrogens with zero attached hydrogens (tertiary/aromatic N) is 2. The largest absolute Gasteiger partial charge is 0.393 e. The number of allylic oxidation sites excluding steroid dienone is 1. The third-order valence-corrected chi connectivity index (χ3v) is 12.8. The number of hydrogen-bond acceptors (Lipinski definition) is 4. The van der Waals surface area contributed by atoms with Crippen LogP contribution in [-0.4, -0.2) is 45.2 Å². The number of aliphatic hydroxyl groups is 2. The molecule has 1 amide bonds. The van der Waals surface area contributed by atoms with E-state index in [0.717, 1.165) is 49.0 Å². The topological polar surface area (TPSA) is 73.7 Å². The Balaban J connectivity index is 1.05. The van der Waals surface area contributed by atoms with Crippen LogP contribution in [0.2, 0.25) is 0 Å². The zero-order valence-corrected chi connectivity index (χ0v) is 24.4. The minimum atomic E-state index is -0.844. The van der Waals surface area contributed by atoms with Crippen molar-refractivity contribution in [2.24, 2.45) is 40.4 Å². The van der Waals surface area contributed by atoms with Crippen LogP contribution in [-0.2, 0) is 10.4 Å². The fraction of sp³-hybridized carbons (Fsp3) is 0.765. The van der Waals surface area contributed by atoms with Crippen LogP contribution >= 0.6 is 0 Å². The van der Waals surface area contributed by atoms with E-state index in [9.17, 15) is 15.0 Å². The number of rotatable bonds is 5. The minimum Gasteiger partial charge on any atom is -0.393 e. The van der Waals surface area contributed by atoms with Gasteiger partial charge in [0.15, 0.2) is 0 Å². The van der Waals surface area contributed by atoms with E-state index in [-0.39, 0.29) is 12.0 Å². The Morgan fingerprint density at radius 3 is 2.54 bits per heavy atom. The molecule has 0 bridgehead atoms. The highest BCUT2D eigenvalue weighted by molar-refractivity contribution is 5.76. The van der Waals surface area contributed by atoms with Crippen LogP contribution in [0.3, 0.4) is 0 Å². The fourth-order valence-corrected chi connectivity index (χ4v) is 10.4. The molecule has 2 N–H and O–H groups in total. The predicted octanol–water partition coefficient (Wildman–Crippen LogP) is 6.25. The number of carbonyl (C=O) groups is 1. The summed E-state index contributed by atoms with van der Waals surface area (Å²) < 4.78 is 0. The first-order valence-electron chi connectivity index (χ1n) is 15.9. The number of pyridine rings is 1. The average Bonchev–Trinajstić information content (AvgIpc) is 3.30. The normalized spacial score (nSPS) is 40.2. The summed E-state index contributed by atoms with van der Waals surface area (Å²) in [5.74, 6) is 3.91. The molecule has 8 atom stereocenters. The molecule has 214 valence electrons. The fourth-order valence-electron chi connectivity index (χ4n) is 10.4. The summed E-state index contributed by atoms with van der Waals surface area (Å²) in [7, 11) is 0. The van der Waals surface area contributed by atoms with E-state index >= 15 is 0 Å². The number of carbonyl (C=O) groups excluding carboxylic acids is 1. The van der Waals surface area contributed by atoms with Crippen LogP contribution in [0.25, 0.3) is 0 Å². The van der Waals surface area contributed by atoms with E-state index in [1.54, 1.807) is 18.0 Å². The number of piperidine rings is 1. The van der Waals surface area contributed by atoms with Crippen LogP contribution in [0, 0.1) is 40.4 Å². The Hall–Kier alpha value is -1.72. The summed E-state index contributed by atoms with van der Waals surface area (Å²) in [5.41, 5.74) is 2.33. The van der Waals surface area contributed by atoms with Crippen molar-refractivity contribution < 1.29 is 15.0 Å². The maximum atomic E-state index is 13.2. The van der Waals surface area contributed by atoms with Crippen molar-refractivity contribution >= 4 is 5.91 Å². The van der Waals surface area contributed by atoms with Gasteiger partial charge in [0.1, 0.15) is 0 Å². The van der Waals surface area contributed by atoms with Gasteiger partial charge in [-0.05, 0) is 129 Å². The summed E-state index contributed by atoms with van der Waals surface area (Å²) in [4.78, 5) is 19.3. The molecule has 0 radical (unpaired) electrons. The molecule has 5 nitrogen and oxygen atoms in total. The van der Waals surface area contributed by atoms with Gasteiger partial charge in [-0.2, -0.15) is 0 Å². The van der Waals surface area contributed by atoms with Crippen molar-refractivity contribution in [1.29, 1.82) is 0 Å². The van der Waals surface area contributed by atoms with Gasteiger partial charge < -0.3 is 15.1 Å². The first kappa shape index (κ1) is 27.4. The highest BCUT2D eigenvalue weighted by Gasteiger charge is 2.59. The van der Waals surface area contributed by atoms with E-state index in [2.05, 4.69) is 31.8 Å². The molecule has 39 heavy (non-hydrogen) atoms. The van der Waals surface area contributed by atoms with E-state index in [1.807, 2.05) is 17.0 Å². The Bertz CT molecular complexity index is 1080. The Kier molecular flexibility index (Phi) is 7.23. The molecule has 1 aromatic heterocycles. The van der Waals surface area contributed by atoms with E-state index < -0.39 is 5.60 Å². The van der Waals surface area contributed by atoms with Gasteiger partial charge in [0.2, 0.25) is 5.91 Å². The highest BCUT2D eigenvalue weighted by atomic mass is 16.3. The van der Waals surface area contributed by atoms with Crippen LogP contribution < -0.4 is 0 Å². The number of hydrogen-bond donors (Lipinski definition) is 2. The number of amides is 1. The molecule has 1 aromatic rings. The lowest BCUT2D eigenvalue weighted by Gasteiger charge is -2.58. The van der Waals surface area contributed by atoms with Gasteiger partial charge in [0, 0.05) is 31.9 Å². The molecule has 5 heteroatoms. The average molecular weight is 535 g/mol. The standard InChI is InChI=1S/C34H50N2O3/c1-23(4-9-31(38)36-20-16-34(39,17-21-36)24-12-18-35-19-13-24)28-7-8-29-27-6-5-25-22-26(37)10-14-32(25,2)30(27)11-15-33(28,29)3/h5,12-13,18-19,23,26-30,37,39H,4,6-11,14-17,20-22H2,1-3H3/t23-,26+,27+,28-,29+,30+,32+,33-/m1/s1. The summed E-state index contributed by atoms with van der Waals surface area (Å²) in [6.07, 6.45) is 18.2. The molecular weight excluding hydrogens is 484 g/mol. The number of fused-ring (bicyclic) bond motifs is 5. The maximum Gasteiger partial charge on any atom is 0.222 e. The number of aromatic nitrogens is 1.